The molecule has 0 saturated heterocycles. The van der Waals surface area contributed by atoms with Gasteiger partial charge in [-0.1, -0.05) is 12.1 Å². The highest BCUT2D eigenvalue weighted by Gasteiger charge is 2.07. The van der Waals surface area contributed by atoms with Crippen LogP contribution in [0.3, 0.4) is 0 Å². The Morgan fingerprint density at radius 3 is 2.47 bits per heavy atom. The molecular formula is C12H18O4S. The van der Waals surface area contributed by atoms with Crippen LogP contribution in [0.5, 0.6) is 11.5 Å². The van der Waals surface area contributed by atoms with Gasteiger partial charge in [0.15, 0.2) is 11.5 Å². The second-order valence-corrected chi connectivity index (χ2v) is 4.42. The van der Waals surface area contributed by atoms with Crippen LogP contribution in [0.2, 0.25) is 0 Å². The van der Waals surface area contributed by atoms with E-state index in [1.807, 2.05) is 24.5 Å². The lowest BCUT2D eigenvalue weighted by Crippen LogP contribution is -2.21. The van der Waals surface area contributed by atoms with Gasteiger partial charge in [0.25, 0.3) is 0 Å². The molecule has 0 saturated carbocycles. The topological polar surface area (TPSA) is 58.9 Å². The number of thioether (sulfide) groups is 1. The van der Waals surface area contributed by atoms with Gasteiger partial charge in [0.2, 0.25) is 0 Å². The quantitative estimate of drug-likeness (QED) is 0.685. The van der Waals surface area contributed by atoms with Gasteiger partial charge in [0, 0.05) is 5.75 Å². The predicted molar refractivity (Wildman–Crippen MR) is 68.9 cm³/mol. The van der Waals surface area contributed by atoms with Crippen LogP contribution in [0, 0.1) is 0 Å². The highest BCUT2D eigenvalue weighted by molar-refractivity contribution is 7.98. The van der Waals surface area contributed by atoms with Crippen molar-refractivity contribution in [1.82, 2.24) is 0 Å². The van der Waals surface area contributed by atoms with Crippen LogP contribution in [0.25, 0.3) is 0 Å². The van der Waals surface area contributed by atoms with Gasteiger partial charge in [-0.25, -0.2) is 0 Å². The number of aliphatic hydroxyl groups is 2. The highest BCUT2D eigenvalue weighted by Crippen LogP contribution is 2.26. The monoisotopic (exact) mass is 258 g/mol. The predicted octanol–water partition coefficient (Wildman–Crippen LogP) is 1.16. The highest BCUT2D eigenvalue weighted by atomic mass is 32.2. The Labute approximate surface area is 106 Å². The van der Waals surface area contributed by atoms with E-state index in [0.29, 0.717) is 18.1 Å². The number of aliphatic hydroxyl groups excluding tert-OH is 2. The largest absolute Gasteiger partial charge is 0.489 e. The van der Waals surface area contributed by atoms with Gasteiger partial charge in [-0.15, -0.1) is 0 Å². The summed E-state index contributed by atoms with van der Waals surface area (Å²) in [4.78, 5) is 0. The van der Waals surface area contributed by atoms with Crippen LogP contribution < -0.4 is 9.47 Å². The zero-order valence-corrected chi connectivity index (χ0v) is 10.7. The van der Waals surface area contributed by atoms with Crippen LogP contribution in [0.4, 0.5) is 0 Å². The first kappa shape index (κ1) is 14.2. The fraction of sp³-hybridized carbons (Fsp3) is 0.500. The van der Waals surface area contributed by atoms with Gasteiger partial charge in [0.1, 0.15) is 12.7 Å². The minimum absolute atomic E-state index is 0.0550. The average Bonchev–Trinajstić information content (AvgIpc) is 2.37. The Balaban J connectivity index is 2.51. The third kappa shape index (κ3) is 5.30. The van der Waals surface area contributed by atoms with Gasteiger partial charge >= 0.3 is 0 Å². The van der Waals surface area contributed by atoms with E-state index in [1.54, 1.807) is 17.8 Å². The van der Waals surface area contributed by atoms with Crippen LogP contribution in [-0.2, 0) is 0 Å². The molecule has 5 heteroatoms. The van der Waals surface area contributed by atoms with Crippen molar-refractivity contribution in [2.24, 2.45) is 0 Å². The summed E-state index contributed by atoms with van der Waals surface area (Å²) in [5.74, 6) is 2.15. The maximum absolute atomic E-state index is 9.21. The Hall–Kier alpha value is -0.910. The van der Waals surface area contributed by atoms with Crippen molar-refractivity contribution < 1.29 is 19.7 Å². The van der Waals surface area contributed by atoms with Crippen LogP contribution in [0.15, 0.2) is 24.3 Å². The second kappa shape index (κ2) is 8.22. The Morgan fingerprint density at radius 2 is 1.88 bits per heavy atom. The van der Waals surface area contributed by atoms with E-state index >= 15 is 0 Å². The summed E-state index contributed by atoms with van der Waals surface area (Å²) in [5, 5.41) is 17.9. The zero-order chi connectivity index (χ0) is 12.5. The molecule has 0 aliphatic heterocycles. The first-order valence-electron chi connectivity index (χ1n) is 5.40. The summed E-state index contributed by atoms with van der Waals surface area (Å²) in [6.45, 7) is 0.360. The smallest absolute Gasteiger partial charge is 0.161 e. The van der Waals surface area contributed by atoms with Crippen LogP contribution >= 0.6 is 11.8 Å². The van der Waals surface area contributed by atoms with Gasteiger partial charge < -0.3 is 19.7 Å². The summed E-state index contributed by atoms with van der Waals surface area (Å²) < 4.78 is 10.9. The number of hydrogen-bond donors (Lipinski definition) is 2. The maximum atomic E-state index is 9.21. The molecule has 1 unspecified atom stereocenters. The third-order valence-corrected chi connectivity index (χ3v) is 2.61. The summed E-state index contributed by atoms with van der Waals surface area (Å²) in [7, 11) is 0. The lowest BCUT2D eigenvalue weighted by Gasteiger charge is -2.14. The minimum Gasteiger partial charge on any atom is -0.489 e. The second-order valence-electron chi connectivity index (χ2n) is 3.44. The molecule has 17 heavy (non-hydrogen) atoms. The molecule has 0 spiro atoms. The fourth-order valence-corrected chi connectivity index (χ4v) is 1.41. The summed E-state index contributed by atoms with van der Waals surface area (Å²) >= 11 is 1.71. The molecule has 0 radical (unpaired) electrons. The number of rotatable bonds is 8. The van der Waals surface area contributed by atoms with Gasteiger partial charge in [-0.3, -0.25) is 0 Å². The van der Waals surface area contributed by atoms with Crippen molar-refractivity contribution >= 4 is 11.8 Å². The molecule has 0 bridgehead atoms. The Kier molecular flexibility index (Phi) is 6.84. The molecule has 1 rings (SSSR count). The molecule has 2 N–H and O–H groups in total. The fourth-order valence-electron chi connectivity index (χ4n) is 1.16. The van der Waals surface area contributed by atoms with E-state index < -0.39 is 6.10 Å². The third-order valence-electron chi connectivity index (χ3n) is 2.04. The van der Waals surface area contributed by atoms with Gasteiger partial charge in [-0.05, 0) is 18.4 Å². The molecule has 1 aromatic carbocycles. The van der Waals surface area contributed by atoms with Crippen molar-refractivity contribution in [2.45, 2.75) is 6.10 Å². The molecule has 0 fully saturated rings. The molecule has 1 aromatic rings. The van der Waals surface area contributed by atoms with E-state index in [-0.39, 0.29) is 13.2 Å². The lowest BCUT2D eigenvalue weighted by atomic mass is 10.3. The summed E-state index contributed by atoms with van der Waals surface area (Å²) in [6.07, 6.45) is 1.15. The molecule has 0 aliphatic carbocycles. The molecule has 4 nitrogen and oxygen atoms in total. The number of benzene rings is 1. The van der Waals surface area contributed by atoms with Gasteiger partial charge in [0.05, 0.1) is 13.2 Å². The van der Waals surface area contributed by atoms with Crippen molar-refractivity contribution in [3.63, 3.8) is 0 Å². The normalized spacial score (nSPS) is 12.2. The molecule has 1 atom stereocenters. The Morgan fingerprint density at radius 1 is 1.24 bits per heavy atom. The zero-order valence-electron chi connectivity index (χ0n) is 9.83. The van der Waals surface area contributed by atoms with Crippen molar-refractivity contribution in [1.29, 1.82) is 0 Å². The molecule has 0 aromatic heterocycles. The van der Waals surface area contributed by atoms with E-state index in [2.05, 4.69) is 0 Å². The summed E-state index contributed by atoms with van der Waals surface area (Å²) in [5.41, 5.74) is 0. The molecule has 96 valence electrons. The van der Waals surface area contributed by atoms with Crippen molar-refractivity contribution in [3.05, 3.63) is 24.3 Å². The van der Waals surface area contributed by atoms with E-state index in [0.717, 1.165) is 5.75 Å². The van der Waals surface area contributed by atoms with E-state index in [1.165, 1.54) is 0 Å². The van der Waals surface area contributed by atoms with Crippen LogP contribution in [0.1, 0.15) is 0 Å². The number of hydrogen-bond acceptors (Lipinski definition) is 5. The van der Waals surface area contributed by atoms with Crippen molar-refractivity contribution in [2.75, 3.05) is 31.8 Å². The molecule has 0 heterocycles. The lowest BCUT2D eigenvalue weighted by molar-refractivity contribution is 0.0525. The average molecular weight is 258 g/mol. The standard InChI is InChI=1S/C12H18O4S/c1-17-7-6-15-11-4-2-3-5-12(11)16-9-10(14)8-13/h2-5,10,13-14H,6-9H2,1H3. The van der Waals surface area contributed by atoms with Gasteiger partial charge in [-0.2, -0.15) is 11.8 Å². The van der Waals surface area contributed by atoms with Crippen molar-refractivity contribution in [3.8, 4) is 11.5 Å². The molecule has 0 aliphatic rings. The van der Waals surface area contributed by atoms with E-state index in [4.69, 9.17) is 14.6 Å². The van der Waals surface area contributed by atoms with E-state index in [9.17, 15) is 5.11 Å². The minimum atomic E-state index is -0.866. The van der Waals surface area contributed by atoms with Crippen LogP contribution in [-0.4, -0.2) is 48.1 Å². The first-order valence-corrected chi connectivity index (χ1v) is 6.79. The first-order chi connectivity index (χ1) is 8.27. The molecular weight excluding hydrogens is 240 g/mol. The maximum Gasteiger partial charge on any atom is 0.161 e. The number of ether oxygens (including phenoxy) is 2. The SMILES string of the molecule is CSCCOc1ccccc1OCC(O)CO. The summed E-state index contributed by atoms with van der Waals surface area (Å²) in [6, 6.07) is 7.30. The number of para-hydroxylation sites is 2. The molecule has 0 amide bonds. The Bertz CT molecular complexity index is 319.